The average molecular weight is 272 g/mol. The molecule has 20 heavy (non-hydrogen) atoms. The lowest BCUT2D eigenvalue weighted by Crippen LogP contribution is -2.53. The van der Waals surface area contributed by atoms with Gasteiger partial charge in [-0.15, -0.1) is 0 Å². The van der Waals surface area contributed by atoms with Crippen molar-refractivity contribution in [3.63, 3.8) is 0 Å². The first-order valence-corrected chi connectivity index (χ1v) is 7.16. The number of benzene rings is 1. The van der Waals surface area contributed by atoms with Crippen LogP contribution in [0, 0.1) is 0 Å². The van der Waals surface area contributed by atoms with Crippen molar-refractivity contribution in [3.05, 3.63) is 30.1 Å². The van der Waals surface area contributed by atoms with Gasteiger partial charge < -0.3 is 15.2 Å². The molecule has 0 aliphatic carbocycles. The summed E-state index contributed by atoms with van der Waals surface area (Å²) in [5.74, 6) is 1.20. The standard InChI is InChI=1S/C15H20N4O/c1-19(15(20)13-8-9-16-13)10-4-7-14-17-11-5-2-3-6-12(11)18-14/h2-3,5-6,13,16H,4,7-10H2,1H3,(H,17,18)/t13-/m1/s1. The van der Waals surface area contributed by atoms with Crippen LogP contribution in [-0.4, -0.2) is 47.0 Å². The first-order chi connectivity index (χ1) is 9.74. The van der Waals surface area contributed by atoms with E-state index in [-0.39, 0.29) is 11.9 Å². The van der Waals surface area contributed by atoms with Gasteiger partial charge in [-0.3, -0.25) is 4.79 Å². The van der Waals surface area contributed by atoms with E-state index in [0.29, 0.717) is 0 Å². The van der Waals surface area contributed by atoms with Gasteiger partial charge in [0.2, 0.25) is 5.91 Å². The van der Waals surface area contributed by atoms with E-state index in [4.69, 9.17) is 0 Å². The van der Waals surface area contributed by atoms with Crippen LogP contribution < -0.4 is 5.32 Å². The fourth-order valence-electron chi connectivity index (χ4n) is 2.48. The molecule has 2 N–H and O–H groups in total. The molecule has 0 saturated carbocycles. The Hall–Kier alpha value is -1.88. The van der Waals surface area contributed by atoms with E-state index in [0.717, 1.165) is 49.2 Å². The van der Waals surface area contributed by atoms with Gasteiger partial charge in [0.1, 0.15) is 5.82 Å². The fourth-order valence-corrected chi connectivity index (χ4v) is 2.48. The van der Waals surface area contributed by atoms with Gasteiger partial charge in [-0.25, -0.2) is 4.98 Å². The molecule has 5 heteroatoms. The van der Waals surface area contributed by atoms with Gasteiger partial charge in [0.25, 0.3) is 0 Å². The molecule has 106 valence electrons. The molecule has 1 amide bonds. The van der Waals surface area contributed by atoms with E-state index in [9.17, 15) is 4.79 Å². The Morgan fingerprint density at radius 3 is 2.95 bits per heavy atom. The van der Waals surface area contributed by atoms with Crippen LogP contribution in [0.2, 0.25) is 0 Å². The molecular formula is C15H20N4O. The summed E-state index contributed by atoms with van der Waals surface area (Å²) < 4.78 is 0. The molecule has 2 heterocycles. The Balaban J connectivity index is 1.50. The number of imidazole rings is 1. The number of aromatic nitrogens is 2. The minimum absolute atomic E-state index is 0.0474. The number of nitrogens with one attached hydrogen (secondary N) is 2. The summed E-state index contributed by atoms with van der Waals surface area (Å²) in [6.07, 6.45) is 2.76. The maximum absolute atomic E-state index is 11.9. The van der Waals surface area contributed by atoms with Crippen molar-refractivity contribution in [2.75, 3.05) is 20.1 Å². The minimum atomic E-state index is 0.0474. The molecule has 1 atom stereocenters. The lowest BCUT2D eigenvalue weighted by Gasteiger charge is -2.30. The van der Waals surface area contributed by atoms with Gasteiger partial charge in [0.05, 0.1) is 17.1 Å². The largest absolute Gasteiger partial charge is 0.344 e. The Morgan fingerprint density at radius 1 is 1.45 bits per heavy atom. The number of hydrogen-bond acceptors (Lipinski definition) is 3. The van der Waals surface area contributed by atoms with Crippen molar-refractivity contribution in [1.82, 2.24) is 20.2 Å². The Morgan fingerprint density at radius 2 is 2.25 bits per heavy atom. The van der Waals surface area contributed by atoms with Crippen LogP contribution in [0.3, 0.4) is 0 Å². The van der Waals surface area contributed by atoms with Gasteiger partial charge >= 0.3 is 0 Å². The second-order valence-electron chi connectivity index (χ2n) is 5.36. The summed E-state index contributed by atoms with van der Waals surface area (Å²) in [7, 11) is 1.88. The number of para-hydroxylation sites is 2. The fraction of sp³-hybridized carbons (Fsp3) is 0.467. The molecule has 1 aromatic carbocycles. The summed E-state index contributed by atoms with van der Waals surface area (Å²) in [6, 6.07) is 8.08. The first kappa shape index (κ1) is 13.1. The molecule has 0 spiro atoms. The molecule has 0 radical (unpaired) electrons. The van der Waals surface area contributed by atoms with E-state index in [1.165, 1.54) is 0 Å². The van der Waals surface area contributed by atoms with Crippen molar-refractivity contribution in [2.24, 2.45) is 0 Å². The van der Waals surface area contributed by atoms with Gasteiger partial charge in [-0.1, -0.05) is 12.1 Å². The van der Waals surface area contributed by atoms with Crippen molar-refractivity contribution in [1.29, 1.82) is 0 Å². The smallest absolute Gasteiger partial charge is 0.239 e. The molecule has 1 aliphatic rings. The Labute approximate surface area is 118 Å². The zero-order valence-electron chi connectivity index (χ0n) is 11.7. The quantitative estimate of drug-likeness (QED) is 0.863. The zero-order chi connectivity index (χ0) is 13.9. The normalized spacial score (nSPS) is 17.9. The van der Waals surface area contributed by atoms with Gasteiger partial charge in [-0.2, -0.15) is 0 Å². The number of carbonyl (C=O) groups is 1. The van der Waals surface area contributed by atoms with Crippen molar-refractivity contribution >= 4 is 16.9 Å². The monoisotopic (exact) mass is 272 g/mol. The van der Waals surface area contributed by atoms with Crippen molar-refractivity contribution in [2.45, 2.75) is 25.3 Å². The number of likely N-dealkylation sites (N-methyl/N-ethyl adjacent to an activating group) is 1. The van der Waals surface area contributed by atoms with Crippen LogP contribution in [0.5, 0.6) is 0 Å². The maximum atomic E-state index is 11.9. The number of aromatic amines is 1. The Bertz CT molecular complexity index is 570. The number of rotatable bonds is 5. The van der Waals surface area contributed by atoms with Gasteiger partial charge in [0.15, 0.2) is 0 Å². The van der Waals surface area contributed by atoms with E-state index in [1.807, 2.05) is 36.2 Å². The summed E-state index contributed by atoms with van der Waals surface area (Å²) >= 11 is 0. The second-order valence-corrected chi connectivity index (χ2v) is 5.36. The van der Waals surface area contributed by atoms with E-state index in [2.05, 4.69) is 15.3 Å². The molecule has 1 aliphatic heterocycles. The van der Waals surface area contributed by atoms with Crippen molar-refractivity contribution < 1.29 is 4.79 Å². The molecule has 2 aromatic rings. The number of H-pyrrole nitrogens is 1. The average Bonchev–Trinajstić information content (AvgIpc) is 2.79. The van der Waals surface area contributed by atoms with E-state index < -0.39 is 0 Å². The van der Waals surface area contributed by atoms with Gasteiger partial charge in [-0.05, 0) is 31.5 Å². The van der Waals surface area contributed by atoms with Crippen LogP contribution in [-0.2, 0) is 11.2 Å². The van der Waals surface area contributed by atoms with E-state index in [1.54, 1.807) is 0 Å². The highest BCUT2D eigenvalue weighted by Crippen LogP contribution is 2.12. The van der Waals surface area contributed by atoms with Gasteiger partial charge in [0, 0.05) is 20.0 Å². The molecule has 5 nitrogen and oxygen atoms in total. The van der Waals surface area contributed by atoms with E-state index >= 15 is 0 Å². The summed E-state index contributed by atoms with van der Waals surface area (Å²) in [6.45, 7) is 1.73. The molecule has 0 bridgehead atoms. The Kier molecular flexibility index (Phi) is 3.69. The zero-order valence-corrected chi connectivity index (χ0v) is 11.7. The second kappa shape index (κ2) is 5.63. The maximum Gasteiger partial charge on any atom is 0.239 e. The SMILES string of the molecule is CN(CCCc1nc2ccccc2[nH]1)C(=O)[C@H]1CCN1. The van der Waals surface area contributed by atoms with Crippen LogP contribution in [0.15, 0.2) is 24.3 Å². The third-order valence-corrected chi connectivity index (χ3v) is 3.84. The number of carbonyl (C=O) groups excluding carboxylic acids is 1. The highest BCUT2D eigenvalue weighted by molar-refractivity contribution is 5.82. The predicted molar refractivity (Wildman–Crippen MR) is 78.5 cm³/mol. The summed E-state index contributed by atoms with van der Waals surface area (Å²) in [5, 5.41) is 3.14. The third-order valence-electron chi connectivity index (χ3n) is 3.84. The molecule has 1 aromatic heterocycles. The van der Waals surface area contributed by atoms with Crippen molar-refractivity contribution in [3.8, 4) is 0 Å². The highest BCUT2D eigenvalue weighted by Gasteiger charge is 2.26. The van der Waals surface area contributed by atoms with Crippen LogP contribution in [0.1, 0.15) is 18.7 Å². The number of fused-ring (bicyclic) bond motifs is 1. The predicted octanol–water partition coefficient (Wildman–Crippen LogP) is 1.32. The molecular weight excluding hydrogens is 252 g/mol. The minimum Gasteiger partial charge on any atom is -0.344 e. The lowest BCUT2D eigenvalue weighted by atomic mass is 10.1. The highest BCUT2D eigenvalue weighted by atomic mass is 16.2. The summed E-state index contributed by atoms with van der Waals surface area (Å²) in [4.78, 5) is 21.6. The topological polar surface area (TPSA) is 61.0 Å². The first-order valence-electron chi connectivity index (χ1n) is 7.16. The molecule has 1 fully saturated rings. The molecule has 3 rings (SSSR count). The number of amides is 1. The molecule has 0 unspecified atom stereocenters. The van der Waals surface area contributed by atoms with Crippen LogP contribution in [0.4, 0.5) is 0 Å². The van der Waals surface area contributed by atoms with Crippen LogP contribution in [0.25, 0.3) is 11.0 Å². The van der Waals surface area contributed by atoms with Crippen LogP contribution >= 0.6 is 0 Å². The number of hydrogen-bond donors (Lipinski definition) is 2. The third kappa shape index (κ3) is 2.67. The number of aryl methyl sites for hydroxylation is 1. The number of nitrogens with zero attached hydrogens (tertiary/aromatic N) is 2. The molecule has 1 saturated heterocycles. The lowest BCUT2D eigenvalue weighted by molar-refractivity contribution is -0.133. The summed E-state index contributed by atoms with van der Waals surface area (Å²) in [5.41, 5.74) is 2.08.